The second kappa shape index (κ2) is 3.68. The van der Waals surface area contributed by atoms with Crippen LogP contribution in [-0.4, -0.2) is 47.7 Å². The third-order valence-corrected chi connectivity index (χ3v) is 2.93. The van der Waals surface area contributed by atoms with E-state index in [1.54, 1.807) is 0 Å². The molecule has 0 aromatic heterocycles. The fraction of sp³-hybridized carbons (Fsp3) is 1.00. The van der Waals surface area contributed by atoms with Crippen molar-refractivity contribution in [2.45, 2.75) is 37.9 Å². The minimum Gasteiger partial charge on any atom is -0.396 e. The van der Waals surface area contributed by atoms with Gasteiger partial charge in [-0.2, -0.15) is 0 Å². The summed E-state index contributed by atoms with van der Waals surface area (Å²) in [7, 11) is 0. The zero-order valence-corrected chi connectivity index (χ0v) is 9.10. The van der Waals surface area contributed by atoms with Gasteiger partial charge in [-0.15, -0.1) is 0 Å². The Bertz CT molecular complexity index is 242. The number of aliphatic hydroxyl groups excluding tert-OH is 2. The summed E-state index contributed by atoms with van der Waals surface area (Å²) in [4.78, 5) is 0. The lowest BCUT2D eigenvalue weighted by molar-refractivity contribution is -0.290. The highest BCUT2D eigenvalue weighted by Crippen LogP contribution is 2.39. The molecule has 5 nitrogen and oxygen atoms in total. The lowest BCUT2D eigenvalue weighted by atomic mass is 9.94. The molecule has 15 heavy (non-hydrogen) atoms. The average Bonchev–Trinajstić information content (AvgIpc) is 2.42. The zero-order valence-electron chi connectivity index (χ0n) is 9.10. The van der Waals surface area contributed by atoms with Crippen LogP contribution in [0.4, 0.5) is 0 Å². The van der Waals surface area contributed by atoms with Crippen LogP contribution in [0.15, 0.2) is 0 Å². The van der Waals surface area contributed by atoms with Gasteiger partial charge in [0.05, 0.1) is 19.3 Å². The van der Waals surface area contributed by atoms with Gasteiger partial charge in [-0.1, -0.05) is 0 Å². The molecule has 2 fully saturated rings. The Morgan fingerprint density at radius 1 is 1.33 bits per heavy atom. The SMILES string of the molecule is CC1(C)OC[C@@]2(C[C@H](O)[C@H](CO)CO2)O1. The fourth-order valence-electron chi connectivity index (χ4n) is 2.05. The molecule has 0 radical (unpaired) electrons. The molecule has 0 aromatic carbocycles. The average molecular weight is 218 g/mol. The third kappa shape index (κ3) is 2.16. The second-order valence-electron chi connectivity index (χ2n) is 4.73. The van der Waals surface area contributed by atoms with Gasteiger partial charge in [0.2, 0.25) is 0 Å². The smallest absolute Gasteiger partial charge is 0.197 e. The Kier molecular flexibility index (Phi) is 2.77. The van der Waals surface area contributed by atoms with Crippen LogP contribution in [0.2, 0.25) is 0 Å². The van der Waals surface area contributed by atoms with Gasteiger partial charge >= 0.3 is 0 Å². The molecular weight excluding hydrogens is 200 g/mol. The molecule has 0 saturated carbocycles. The van der Waals surface area contributed by atoms with E-state index < -0.39 is 17.7 Å². The van der Waals surface area contributed by atoms with Crippen LogP contribution in [0.25, 0.3) is 0 Å². The van der Waals surface area contributed by atoms with Crippen LogP contribution in [0.3, 0.4) is 0 Å². The lowest BCUT2D eigenvalue weighted by Gasteiger charge is -2.38. The molecule has 0 amide bonds. The maximum Gasteiger partial charge on any atom is 0.197 e. The number of hydrogen-bond donors (Lipinski definition) is 2. The minimum atomic E-state index is -0.825. The highest BCUT2D eigenvalue weighted by Gasteiger charge is 2.51. The normalized spacial score (nSPS) is 44.8. The molecule has 88 valence electrons. The molecule has 2 aliphatic rings. The van der Waals surface area contributed by atoms with Crippen molar-refractivity contribution in [2.75, 3.05) is 19.8 Å². The van der Waals surface area contributed by atoms with Crippen LogP contribution in [0.1, 0.15) is 20.3 Å². The molecule has 1 spiro atoms. The molecule has 0 unspecified atom stereocenters. The summed E-state index contributed by atoms with van der Waals surface area (Å²) < 4.78 is 16.7. The highest BCUT2D eigenvalue weighted by atomic mass is 16.8. The molecule has 2 aliphatic heterocycles. The standard InChI is InChI=1S/C10H18O5/c1-9(2)14-6-10(15-9)3-8(12)7(4-11)5-13-10/h7-8,11-12H,3-6H2,1-2H3/t7-,8+,10-/m1/s1. The number of aliphatic hydroxyl groups is 2. The number of hydrogen-bond acceptors (Lipinski definition) is 5. The van der Waals surface area contributed by atoms with Gasteiger partial charge in [0.15, 0.2) is 11.6 Å². The van der Waals surface area contributed by atoms with Gasteiger partial charge in [0, 0.05) is 12.3 Å². The topological polar surface area (TPSA) is 68.2 Å². The first-order valence-corrected chi connectivity index (χ1v) is 5.23. The van der Waals surface area contributed by atoms with E-state index in [0.29, 0.717) is 19.6 Å². The summed E-state index contributed by atoms with van der Waals surface area (Å²) in [5.41, 5.74) is 0. The van der Waals surface area contributed by atoms with E-state index in [2.05, 4.69) is 0 Å². The van der Waals surface area contributed by atoms with E-state index in [4.69, 9.17) is 19.3 Å². The largest absolute Gasteiger partial charge is 0.396 e. The van der Waals surface area contributed by atoms with Gasteiger partial charge in [-0.3, -0.25) is 0 Å². The summed E-state index contributed by atoms with van der Waals surface area (Å²) in [5.74, 6) is -1.71. The Morgan fingerprint density at radius 2 is 2.07 bits per heavy atom. The van der Waals surface area contributed by atoms with Crippen molar-refractivity contribution in [3.05, 3.63) is 0 Å². The predicted molar refractivity (Wildman–Crippen MR) is 51.0 cm³/mol. The van der Waals surface area contributed by atoms with Gasteiger partial charge in [0.1, 0.15) is 6.61 Å². The van der Waals surface area contributed by atoms with E-state index >= 15 is 0 Å². The van der Waals surface area contributed by atoms with Crippen molar-refractivity contribution in [3.63, 3.8) is 0 Å². The fourth-order valence-corrected chi connectivity index (χ4v) is 2.05. The Hall–Kier alpha value is -0.200. The molecule has 2 rings (SSSR count). The van der Waals surface area contributed by atoms with Crippen molar-refractivity contribution >= 4 is 0 Å². The minimum absolute atomic E-state index is 0.0680. The maximum absolute atomic E-state index is 9.79. The van der Waals surface area contributed by atoms with Crippen LogP contribution in [-0.2, 0) is 14.2 Å². The van der Waals surface area contributed by atoms with E-state index in [1.807, 2.05) is 13.8 Å². The van der Waals surface area contributed by atoms with Crippen molar-refractivity contribution in [3.8, 4) is 0 Å². The van der Waals surface area contributed by atoms with Crippen LogP contribution in [0.5, 0.6) is 0 Å². The molecule has 2 heterocycles. The summed E-state index contributed by atoms with van der Waals surface area (Å²) in [6.07, 6.45) is -0.247. The quantitative estimate of drug-likeness (QED) is 0.641. The first-order chi connectivity index (χ1) is 6.96. The Balaban J connectivity index is 2.02. The molecular formula is C10H18O5. The number of rotatable bonds is 1. The van der Waals surface area contributed by atoms with E-state index in [0.717, 1.165) is 0 Å². The molecule has 0 bridgehead atoms. The van der Waals surface area contributed by atoms with Crippen LogP contribution in [0, 0.1) is 5.92 Å². The first kappa shape index (κ1) is 11.3. The second-order valence-corrected chi connectivity index (χ2v) is 4.73. The van der Waals surface area contributed by atoms with Crippen molar-refractivity contribution in [1.29, 1.82) is 0 Å². The van der Waals surface area contributed by atoms with E-state index in [-0.39, 0.29) is 12.5 Å². The molecule has 2 N–H and O–H groups in total. The molecule has 5 heteroatoms. The van der Waals surface area contributed by atoms with Gasteiger partial charge in [-0.25, -0.2) is 0 Å². The van der Waals surface area contributed by atoms with Crippen molar-refractivity contribution in [2.24, 2.45) is 5.92 Å². The molecule has 0 aliphatic carbocycles. The van der Waals surface area contributed by atoms with Crippen molar-refractivity contribution in [1.82, 2.24) is 0 Å². The predicted octanol–water partition coefficient (Wildman–Crippen LogP) is -0.145. The lowest BCUT2D eigenvalue weighted by Crippen LogP contribution is -2.50. The first-order valence-electron chi connectivity index (χ1n) is 5.23. The summed E-state index contributed by atoms with van der Waals surface area (Å²) in [6.45, 7) is 4.19. The zero-order chi connectivity index (χ0) is 11.1. The monoisotopic (exact) mass is 218 g/mol. The van der Waals surface area contributed by atoms with Gasteiger partial charge in [0.25, 0.3) is 0 Å². The van der Waals surface area contributed by atoms with E-state index in [1.165, 1.54) is 0 Å². The summed E-state index contributed by atoms with van der Waals surface area (Å²) in [5, 5.41) is 18.8. The number of ether oxygens (including phenoxy) is 3. The Morgan fingerprint density at radius 3 is 2.53 bits per heavy atom. The van der Waals surface area contributed by atoms with Gasteiger partial charge in [-0.05, 0) is 13.8 Å². The maximum atomic E-state index is 9.79. The van der Waals surface area contributed by atoms with E-state index in [9.17, 15) is 5.11 Å². The summed E-state index contributed by atoms with van der Waals surface area (Å²) in [6, 6.07) is 0. The van der Waals surface area contributed by atoms with Crippen LogP contribution < -0.4 is 0 Å². The molecule has 0 aromatic rings. The van der Waals surface area contributed by atoms with Crippen molar-refractivity contribution < 1.29 is 24.4 Å². The third-order valence-electron chi connectivity index (χ3n) is 2.93. The highest BCUT2D eigenvalue weighted by molar-refractivity contribution is 4.88. The van der Waals surface area contributed by atoms with Crippen LogP contribution >= 0.6 is 0 Å². The molecule has 3 atom stereocenters. The molecule has 2 saturated heterocycles. The van der Waals surface area contributed by atoms with Gasteiger partial charge < -0.3 is 24.4 Å². The Labute approximate surface area is 88.9 Å². The summed E-state index contributed by atoms with van der Waals surface area (Å²) >= 11 is 0.